The van der Waals surface area contributed by atoms with Crippen LogP contribution in [0.1, 0.15) is 19.8 Å². The summed E-state index contributed by atoms with van der Waals surface area (Å²) in [5, 5.41) is 0. The fourth-order valence-electron chi connectivity index (χ4n) is 0.622. The van der Waals surface area contributed by atoms with E-state index in [0.717, 1.165) is 12.2 Å². The molecule has 0 unspecified atom stereocenters. The van der Waals surface area contributed by atoms with Crippen molar-refractivity contribution in [3.63, 3.8) is 0 Å². The second kappa shape index (κ2) is 16.7. The van der Waals surface area contributed by atoms with E-state index in [1.165, 1.54) is 6.42 Å². The first-order valence-corrected chi connectivity index (χ1v) is 5.50. The number of carbonyl (C=O) groups is 1. The average molecular weight is 279 g/mol. The number of nitrogens with two attached hydrogens (primary N) is 1. The molecule has 0 heterocycles. The van der Waals surface area contributed by atoms with Crippen molar-refractivity contribution in [3.05, 3.63) is 0 Å². The Morgan fingerprint density at radius 3 is 2.67 bits per heavy atom. The highest BCUT2D eigenvalue weighted by Gasteiger charge is 1.99. The maximum absolute atomic E-state index is 10.9. The van der Waals surface area contributed by atoms with E-state index in [0.29, 0.717) is 13.2 Å². The van der Waals surface area contributed by atoms with Crippen molar-refractivity contribution in [2.75, 3.05) is 25.4 Å². The van der Waals surface area contributed by atoms with E-state index in [-0.39, 0.29) is 37.3 Å². The van der Waals surface area contributed by atoms with E-state index in [1.807, 2.05) is 0 Å². The van der Waals surface area contributed by atoms with Gasteiger partial charge in [-0.1, -0.05) is 25.3 Å². The molecular formula is C8H20Cl2N2O2S. The van der Waals surface area contributed by atoms with Crippen molar-refractivity contribution in [1.82, 2.24) is 4.72 Å². The summed E-state index contributed by atoms with van der Waals surface area (Å²) < 4.78 is 7.69. The molecule has 0 saturated carbocycles. The molecule has 7 heteroatoms. The topological polar surface area (TPSA) is 64.3 Å². The molecule has 0 saturated heterocycles. The lowest BCUT2D eigenvalue weighted by Gasteiger charge is -2.03. The molecule has 0 atom stereocenters. The van der Waals surface area contributed by atoms with Gasteiger partial charge in [0.2, 0.25) is 0 Å². The van der Waals surface area contributed by atoms with Crippen LogP contribution in [-0.2, 0) is 9.53 Å². The van der Waals surface area contributed by atoms with E-state index in [1.54, 1.807) is 11.9 Å². The number of carbonyl (C=O) groups excluding carboxylic acids is 1. The second-order valence-electron chi connectivity index (χ2n) is 2.53. The van der Waals surface area contributed by atoms with Crippen LogP contribution in [0.3, 0.4) is 0 Å². The van der Waals surface area contributed by atoms with Crippen molar-refractivity contribution in [2.24, 2.45) is 5.73 Å². The number of ether oxygens (including phenoxy) is 1. The zero-order valence-electron chi connectivity index (χ0n) is 8.86. The van der Waals surface area contributed by atoms with Crippen LogP contribution in [-0.4, -0.2) is 31.4 Å². The van der Waals surface area contributed by atoms with Gasteiger partial charge in [0.05, 0.1) is 0 Å². The Bertz CT molecular complexity index is 142. The summed E-state index contributed by atoms with van der Waals surface area (Å²) in [6, 6.07) is 0. The Morgan fingerprint density at radius 2 is 2.13 bits per heavy atom. The van der Waals surface area contributed by atoms with Crippen LogP contribution < -0.4 is 10.5 Å². The van der Waals surface area contributed by atoms with Crippen LogP contribution in [0, 0.1) is 0 Å². The molecule has 0 aromatic heterocycles. The van der Waals surface area contributed by atoms with Crippen molar-refractivity contribution in [3.8, 4) is 0 Å². The number of esters is 1. The highest BCUT2D eigenvalue weighted by molar-refractivity contribution is 7.97. The van der Waals surface area contributed by atoms with Crippen LogP contribution in [0.4, 0.5) is 0 Å². The maximum atomic E-state index is 10.9. The minimum absolute atomic E-state index is 0. The van der Waals surface area contributed by atoms with E-state index in [4.69, 9.17) is 10.5 Å². The third-order valence-corrected chi connectivity index (χ3v) is 2.14. The van der Waals surface area contributed by atoms with E-state index in [2.05, 4.69) is 11.6 Å². The Labute approximate surface area is 108 Å². The van der Waals surface area contributed by atoms with Gasteiger partial charge in [0.1, 0.15) is 13.2 Å². The van der Waals surface area contributed by atoms with Crippen molar-refractivity contribution in [2.45, 2.75) is 19.8 Å². The van der Waals surface area contributed by atoms with Gasteiger partial charge in [0, 0.05) is 12.3 Å². The minimum atomic E-state index is -0.241. The number of unbranched alkanes of at least 4 members (excludes halogenated alkanes) is 1. The molecule has 0 aromatic carbocycles. The summed E-state index contributed by atoms with van der Waals surface area (Å²) in [5.74, 6) is 0.787. The van der Waals surface area contributed by atoms with Crippen LogP contribution in [0.25, 0.3) is 0 Å². The fraction of sp³-hybridized carbons (Fsp3) is 0.875. The highest BCUT2D eigenvalue weighted by atomic mass is 35.5. The Morgan fingerprint density at radius 1 is 1.47 bits per heavy atom. The van der Waals surface area contributed by atoms with Gasteiger partial charge in [-0.05, 0) is 6.42 Å². The average Bonchev–Trinajstić information content (AvgIpc) is 2.14. The van der Waals surface area contributed by atoms with Gasteiger partial charge in [0.25, 0.3) is 0 Å². The van der Waals surface area contributed by atoms with Gasteiger partial charge in [-0.15, -0.1) is 24.8 Å². The molecule has 0 spiro atoms. The van der Waals surface area contributed by atoms with E-state index in [9.17, 15) is 4.79 Å². The number of hydrogen-bond acceptors (Lipinski definition) is 5. The molecule has 0 fully saturated rings. The first-order valence-electron chi connectivity index (χ1n) is 4.51. The smallest absolute Gasteiger partial charge is 0.320 e. The molecule has 0 amide bonds. The van der Waals surface area contributed by atoms with Gasteiger partial charge in [-0.3, -0.25) is 9.52 Å². The van der Waals surface area contributed by atoms with Gasteiger partial charge in [-0.25, -0.2) is 0 Å². The van der Waals surface area contributed by atoms with Crippen molar-refractivity contribution >= 4 is 42.7 Å². The first kappa shape index (κ1) is 20.7. The molecule has 0 aliphatic heterocycles. The lowest BCUT2D eigenvalue weighted by molar-refractivity contribution is -0.141. The quantitative estimate of drug-likeness (QED) is 0.399. The molecular weight excluding hydrogens is 259 g/mol. The SMILES string of the molecule is CCCCSNCC(=O)OCCN.Cl.Cl. The molecule has 94 valence electrons. The first-order chi connectivity index (χ1) is 6.31. The third-order valence-electron chi connectivity index (χ3n) is 1.30. The predicted octanol–water partition coefficient (Wildman–Crippen LogP) is 1.37. The summed E-state index contributed by atoms with van der Waals surface area (Å²) in [4.78, 5) is 10.9. The lowest BCUT2D eigenvalue weighted by Crippen LogP contribution is -2.22. The zero-order chi connectivity index (χ0) is 9.94. The van der Waals surface area contributed by atoms with Crippen LogP contribution in [0.5, 0.6) is 0 Å². The number of halogens is 2. The largest absolute Gasteiger partial charge is 0.463 e. The molecule has 0 radical (unpaired) electrons. The molecule has 15 heavy (non-hydrogen) atoms. The number of nitrogens with one attached hydrogen (secondary N) is 1. The third kappa shape index (κ3) is 17.0. The predicted molar refractivity (Wildman–Crippen MR) is 69.9 cm³/mol. The van der Waals surface area contributed by atoms with Crippen molar-refractivity contribution < 1.29 is 9.53 Å². The van der Waals surface area contributed by atoms with Gasteiger partial charge < -0.3 is 10.5 Å². The van der Waals surface area contributed by atoms with Gasteiger partial charge >= 0.3 is 5.97 Å². The normalized spacial score (nSPS) is 8.67. The van der Waals surface area contributed by atoms with Crippen LogP contribution in [0.2, 0.25) is 0 Å². The maximum Gasteiger partial charge on any atom is 0.320 e. The summed E-state index contributed by atoms with van der Waals surface area (Å²) in [6.45, 7) is 3.08. The molecule has 0 aromatic rings. The summed E-state index contributed by atoms with van der Waals surface area (Å²) >= 11 is 1.56. The molecule has 3 N–H and O–H groups in total. The number of rotatable bonds is 8. The molecule has 4 nitrogen and oxygen atoms in total. The van der Waals surface area contributed by atoms with Crippen LogP contribution in [0.15, 0.2) is 0 Å². The van der Waals surface area contributed by atoms with Crippen molar-refractivity contribution in [1.29, 1.82) is 0 Å². The van der Waals surface area contributed by atoms with Gasteiger partial charge in [-0.2, -0.15) is 0 Å². The Kier molecular flexibility index (Phi) is 23.1. The number of hydrogen-bond donors (Lipinski definition) is 2. The van der Waals surface area contributed by atoms with Gasteiger partial charge in [0.15, 0.2) is 0 Å². The monoisotopic (exact) mass is 278 g/mol. The van der Waals surface area contributed by atoms with E-state index < -0.39 is 0 Å². The summed E-state index contributed by atoms with van der Waals surface area (Å²) in [5.41, 5.74) is 5.17. The standard InChI is InChI=1S/C8H18N2O2S.2ClH/c1-2-3-6-13-10-7-8(11)12-5-4-9;;/h10H,2-7,9H2,1H3;2*1H. The lowest BCUT2D eigenvalue weighted by atomic mass is 10.4. The summed E-state index contributed by atoms with van der Waals surface area (Å²) in [6.07, 6.45) is 2.34. The zero-order valence-corrected chi connectivity index (χ0v) is 11.3. The summed E-state index contributed by atoms with van der Waals surface area (Å²) in [7, 11) is 0. The fourth-order valence-corrected chi connectivity index (χ4v) is 1.42. The van der Waals surface area contributed by atoms with E-state index >= 15 is 0 Å². The highest BCUT2D eigenvalue weighted by Crippen LogP contribution is 1.98. The van der Waals surface area contributed by atoms with Crippen LogP contribution >= 0.6 is 36.8 Å². The molecule has 0 rings (SSSR count). The second-order valence-corrected chi connectivity index (χ2v) is 3.52. The minimum Gasteiger partial charge on any atom is -0.463 e. The molecule has 0 aliphatic rings. The Balaban J connectivity index is -0.000000720. The molecule has 0 bridgehead atoms. The molecule has 0 aliphatic carbocycles. The Hall–Kier alpha value is 0.320.